The standard InChI is InChI=1S/C22H19N3O11S3/c1-8-4-9(7-23)14(13(5-8)38(31,32)33)15-16-17(19(25)22(18(15)24)39(34,35)36)20(26)11-3-2-10(37(28,29)30)6-12(11)21(16)27/h2-6H,7,23-25H2,1H3,(H,28,29,30)(H,31,32,33)(H,34,35,36). The Kier molecular flexibility index (Phi) is 6.47. The van der Waals surface area contributed by atoms with Crippen LogP contribution in [0.25, 0.3) is 11.1 Å². The Labute approximate surface area is 221 Å². The number of carbonyl (C=O) groups excluding carboxylic acids is 2. The van der Waals surface area contributed by atoms with Crippen molar-refractivity contribution in [3.8, 4) is 11.1 Å². The van der Waals surface area contributed by atoms with E-state index in [0.29, 0.717) is 6.07 Å². The van der Waals surface area contributed by atoms with Gasteiger partial charge in [-0.15, -0.1) is 0 Å². The Hall–Kier alpha value is -3.71. The summed E-state index contributed by atoms with van der Waals surface area (Å²) in [5.41, 5.74) is 12.3. The number of nitrogen functional groups attached to an aromatic ring is 2. The van der Waals surface area contributed by atoms with Gasteiger partial charge in [0, 0.05) is 34.4 Å². The van der Waals surface area contributed by atoms with E-state index in [9.17, 15) is 48.5 Å². The monoisotopic (exact) mass is 597 g/mol. The fraction of sp³-hybridized carbons (Fsp3) is 0.0909. The van der Waals surface area contributed by atoms with Crippen molar-refractivity contribution >= 4 is 53.3 Å². The molecule has 1 aliphatic carbocycles. The Bertz CT molecular complexity index is 1980. The number of hydrogen-bond donors (Lipinski definition) is 6. The third kappa shape index (κ3) is 4.48. The van der Waals surface area contributed by atoms with Crippen LogP contribution >= 0.6 is 0 Å². The molecule has 0 heterocycles. The zero-order valence-electron chi connectivity index (χ0n) is 19.7. The lowest BCUT2D eigenvalue weighted by Crippen LogP contribution is -2.27. The maximum absolute atomic E-state index is 13.8. The average Bonchev–Trinajstić information content (AvgIpc) is 2.79. The first-order valence-electron chi connectivity index (χ1n) is 10.6. The molecule has 0 amide bonds. The van der Waals surface area contributed by atoms with Crippen LogP contribution in [-0.2, 0) is 36.9 Å². The van der Waals surface area contributed by atoms with Gasteiger partial charge in [0.05, 0.1) is 21.8 Å². The number of nitrogens with two attached hydrogens (primary N) is 3. The normalized spacial score (nSPS) is 13.8. The number of ketones is 2. The molecule has 0 saturated heterocycles. The fourth-order valence-electron chi connectivity index (χ4n) is 4.58. The van der Waals surface area contributed by atoms with Gasteiger partial charge >= 0.3 is 0 Å². The van der Waals surface area contributed by atoms with E-state index in [4.69, 9.17) is 17.2 Å². The van der Waals surface area contributed by atoms with Crippen LogP contribution < -0.4 is 17.2 Å². The number of fused-ring (bicyclic) bond motifs is 2. The van der Waals surface area contributed by atoms with Gasteiger partial charge in [0.2, 0.25) is 0 Å². The topological polar surface area (TPSA) is 275 Å². The minimum atomic E-state index is -5.32. The predicted molar refractivity (Wildman–Crippen MR) is 136 cm³/mol. The van der Waals surface area contributed by atoms with Crippen molar-refractivity contribution in [3.05, 3.63) is 63.7 Å². The molecule has 39 heavy (non-hydrogen) atoms. The summed E-state index contributed by atoms with van der Waals surface area (Å²) in [5.74, 6) is -2.27. The third-order valence-corrected chi connectivity index (χ3v) is 8.78. The van der Waals surface area contributed by atoms with Crippen LogP contribution in [-0.4, -0.2) is 50.5 Å². The van der Waals surface area contributed by atoms with Gasteiger partial charge in [-0.2, -0.15) is 25.3 Å². The Morgan fingerprint density at radius 1 is 0.692 bits per heavy atom. The molecule has 0 aromatic heterocycles. The Morgan fingerprint density at radius 2 is 1.26 bits per heavy atom. The van der Waals surface area contributed by atoms with E-state index >= 15 is 0 Å². The third-order valence-electron chi connectivity index (χ3n) is 6.09. The molecule has 0 spiro atoms. The molecule has 0 saturated carbocycles. The number of rotatable bonds is 5. The van der Waals surface area contributed by atoms with Crippen LogP contribution in [0.15, 0.2) is 45.0 Å². The van der Waals surface area contributed by atoms with Crippen LogP contribution in [0.3, 0.4) is 0 Å². The first kappa shape index (κ1) is 28.3. The summed E-state index contributed by atoms with van der Waals surface area (Å²) < 4.78 is 102. The molecule has 0 bridgehead atoms. The van der Waals surface area contributed by atoms with E-state index in [1.54, 1.807) is 0 Å². The minimum Gasteiger partial charge on any atom is -0.397 e. The van der Waals surface area contributed by atoms with Gasteiger partial charge in [-0.3, -0.25) is 23.2 Å². The van der Waals surface area contributed by atoms with E-state index in [1.807, 2.05) is 0 Å². The zero-order valence-corrected chi connectivity index (χ0v) is 22.1. The highest BCUT2D eigenvalue weighted by molar-refractivity contribution is 7.86. The highest BCUT2D eigenvalue weighted by atomic mass is 32.2. The lowest BCUT2D eigenvalue weighted by atomic mass is 9.78. The molecule has 17 heteroatoms. The van der Waals surface area contributed by atoms with Crippen molar-refractivity contribution in [2.75, 3.05) is 11.5 Å². The van der Waals surface area contributed by atoms with Crippen LogP contribution in [0, 0.1) is 6.92 Å². The second-order valence-electron chi connectivity index (χ2n) is 8.57. The summed E-state index contributed by atoms with van der Waals surface area (Å²) in [6, 6.07) is 4.69. The molecule has 4 rings (SSSR count). The maximum Gasteiger partial charge on any atom is 0.298 e. The van der Waals surface area contributed by atoms with Crippen LogP contribution in [0.5, 0.6) is 0 Å². The molecule has 1 aliphatic rings. The van der Waals surface area contributed by atoms with Gasteiger partial charge in [-0.1, -0.05) is 6.07 Å². The van der Waals surface area contributed by atoms with E-state index < -0.39 is 108 Å². The van der Waals surface area contributed by atoms with Crippen molar-refractivity contribution in [3.63, 3.8) is 0 Å². The van der Waals surface area contributed by atoms with Gasteiger partial charge in [0.15, 0.2) is 11.6 Å². The minimum absolute atomic E-state index is 0.0692. The van der Waals surface area contributed by atoms with Crippen molar-refractivity contribution in [1.29, 1.82) is 0 Å². The maximum atomic E-state index is 13.8. The van der Waals surface area contributed by atoms with Gasteiger partial charge < -0.3 is 17.2 Å². The molecule has 3 aromatic rings. The summed E-state index contributed by atoms with van der Waals surface area (Å²) in [5, 5.41) is 0. The molecule has 0 atom stereocenters. The summed E-state index contributed by atoms with van der Waals surface area (Å²) in [7, 11) is -15.3. The molecule has 0 fully saturated rings. The summed E-state index contributed by atoms with van der Waals surface area (Å²) >= 11 is 0. The lowest BCUT2D eigenvalue weighted by molar-refractivity contribution is 0.0979. The molecule has 3 aromatic carbocycles. The van der Waals surface area contributed by atoms with Gasteiger partial charge in [-0.05, 0) is 42.3 Å². The highest BCUT2D eigenvalue weighted by Crippen LogP contribution is 2.48. The smallest absolute Gasteiger partial charge is 0.298 e. The van der Waals surface area contributed by atoms with E-state index in [1.165, 1.54) is 13.0 Å². The number of benzene rings is 3. The van der Waals surface area contributed by atoms with Crippen molar-refractivity contribution in [1.82, 2.24) is 0 Å². The molecular weight excluding hydrogens is 578 g/mol. The number of hydrogen-bond acceptors (Lipinski definition) is 11. The van der Waals surface area contributed by atoms with Gasteiger partial charge in [0.25, 0.3) is 30.4 Å². The predicted octanol–water partition coefficient (Wildman–Crippen LogP) is 0.801. The van der Waals surface area contributed by atoms with E-state index in [-0.39, 0.29) is 11.1 Å². The average molecular weight is 598 g/mol. The molecule has 0 unspecified atom stereocenters. The Morgan fingerprint density at radius 3 is 1.77 bits per heavy atom. The fourth-order valence-corrected chi connectivity index (χ4v) is 6.67. The van der Waals surface area contributed by atoms with E-state index in [2.05, 4.69) is 0 Å². The second kappa shape index (κ2) is 8.91. The van der Waals surface area contributed by atoms with Crippen molar-refractivity contribution in [2.24, 2.45) is 5.73 Å². The lowest BCUT2D eigenvalue weighted by Gasteiger charge is -2.27. The molecule has 0 aliphatic heterocycles. The first-order valence-corrected chi connectivity index (χ1v) is 14.9. The quantitative estimate of drug-likeness (QED) is 0.137. The SMILES string of the molecule is Cc1cc(CN)c(-c2c(N)c(S(=O)(=O)O)c(N)c3c2C(=O)c2cc(S(=O)(=O)O)ccc2C3=O)c(S(=O)(=O)O)c1. The van der Waals surface area contributed by atoms with Crippen molar-refractivity contribution < 1.29 is 48.5 Å². The molecule has 9 N–H and O–H groups in total. The summed E-state index contributed by atoms with van der Waals surface area (Å²) in [6.07, 6.45) is 0. The van der Waals surface area contributed by atoms with E-state index in [0.717, 1.165) is 18.2 Å². The zero-order chi connectivity index (χ0) is 29.4. The first-order chi connectivity index (χ1) is 17.8. The molecule has 0 radical (unpaired) electrons. The van der Waals surface area contributed by atoms with Gasteiger partial charge in [-0.25, -0.2) is 0 Å². The molecule has 14 nitrogen and oxygen atoms in total. The molecular formula is C22H19N3O11S3. The Balaban J connectivity index is 2.32. The number of aryl methyl sites for hydroxylation is 1. The summed E-state index contributed by atoms with van der Waals surface area (Å²) in [6.45, 7) is 1.01. The number of anilines is 2. The van der Waals surface area contributed by atoms with Gasteiger partial charge in [0.1, 0.15) is 9.79 Å². The highest BCUT2D eigenvalue weighted by Gasteiger charge is 2.41. The van der Waals surface area contributed by atoms with Crippen LogP contribution in [0.4, 0.5) is 11.4 Å². The second-order valence-corrected chi connectivity index (χ2v) is 12.7. The summed E-state index contributed by atoms with van der Waals surface area (Å²) in [4.78, 5) is 24.5. The largest absolute Gasteiger partial charge is 0.397 e. The molecule has 206 valence electrons. The van der Waals surface area contributed by atoms with Crippen molar-refractivity contribution in [2.45, 2.75) is 28.2 Å². The van der Waals surface area contributed by atoms with Crippen LogP contribution in [0.1, 0.15) is 43.0 Å². The van der Waals surface area contributed by atoms with Crippen LogP contribution in [0.2, 0.25) is 0 Å². The number of carbonyl (C=O) groups is 2.